The molecule has 2 saturated carbocycles. The maximum Gasteiger partial charge on any atom is 0.344 e. The molecular weight excluding hydrogens is 358 g/mol. The molecule has 0 aromatic carbocycles. The molecule has 4 amide bonds. The Morgan fingerprint density at radius 1 is 1.31 bits per heavy atom. The van der Waals surface area contributed by atoms with Crippen molar-refractivity contribution in [1.29, 1.82) is 0 Å². The van der Waals surface area contributed by atoms with Gasteiger partial charge in [0.15, 0.2) is 0 Å². The molecule has 3 aliphatic rings. The van der Waals surface area contributed by atoms with Crippen LogP contribution in [0.15, 0.2) is 9.64 Å². The molecule has 1 aliphatic heterocycles. The van der Waals surface area contributed by atoms with Gasteiger partial charge < -0.3 is 9.73 Å². The summed E-state index contributed by atoms with van der Waals surface area (Å²) in [5.74, 6) is 0.641. The molecule has 2 N–H and O–H groups in total. The van der Waals surface area contributed by atoms with Crippen LogP contribution in [0, 0.1) is 5.92 Å². The van der Waals surface area contributed by atoms with Crippen molar-refractivity contribution in [2.75, 3.05) is 5.75 Å². The maximum atomic E-state index is 12.7. The van der Waals surface area contributed by atoms with Crippen LogP contribution in [0.2, 0.25) is 0 Å². The summed E-state index contributed by atoms with van der Waals surface area (Å²) in [6.07, 6.45) is 5.07. The normalized spacial score (nSPS) is 28.5. The monoisotopic (exact) mass is 379 g/mol. The number of nitrogens with zero attached hydrogens (tertiary/aromatic N) is 3. The largest absolute Gasteiger partial charge is 0.416 e. The molecule has 3 fully saturated rings. The van der Waals surface area contributed by atoms with Gasteiger partial charge in [0.25, 0.3) is 11.1 Å². The number of hydrogen-bond donors (Lipinski definition) is 2. The van der Waals surface area contributed by atoms with Crippen molar-refractivity contribution >= 4 is 29.6 Å². The lowest BCUT2D eigenvalue weighted by Crippen LogP contribution is -2.51. The molecule has 4 rings (SSSR count). The highest BCUT2D eigenvalue weighted by atomic mass is 32.2. The number of amides is 4. The van der Waals surface area contributed by atoms with Gasteiger partial charge in [-0.25, -0.2) is 4.79 Å². The number of imide groups is 1. The zero-order valence-electron chi connectivity index (χ0n) is 14.5. The Kier molecular flexibility index (Phi) is 4.37. The lowest BCUT2D eigenvalue weighted by atomic mass is 9.77. The van der Waals surface area contributed by atoms with Gasteiger partial charge in [0, 0.05) is 5.92 Å². The first kappa shape index (κ1) is 17.3. The van der Waals surface area contributed by atoms with Crippen molar-refractivity contribution in [1.82, 2.24) is 25.9 Å². The summed E-state index contributed by atoms with van der Waals surface area (Å²) < 4.78 is 5.47. The summed E-state index contributed by atoms with van der Waals surface area (Å²) in [4.78, 5) is 37.0. The minimum Gasteiger partial charge on any atom is -0.416 e. The molecule has 2 heterocycles. The van der Waals surface area contributed by atoms with Crippen molar-refractivity contribution in [3.8, 4) is 0 Å². The predicted octanol–water partition coefficient (Wildman–Crippen LogP) is 1.57. The lowest BCUT2D eigenvalue weighted by Gasteiger charge is -2.33. The van der Waals surface area contributed by atoms with E-state index in [4.69, 9.17) is 4.42 Å². The Morgan fingerprint density at radius 2 is 2.04 bits per heavy atom. The maximum absolute atomic E-state index is 12.7. The van der Waals surface area contributed by atoms with Gasteiger partial charge >= 0.3 is 6.03 Å². The van der Waals surface area contributed by atoms with E-state index in [-0.39, 0.29) is 11.7 Å². The Hall–Kier alpha value is -2.10. The second-order valence-corrected chi connectivity index (χ2v) is 8.27. The van der Waals surface area contributed by atoms with Gasteiger partial charge in [-0.1, -0.05) is 18.7 Å². The van der Waals surface area contributed by atoms with Crippen LogP contribution in [0.25, 0.3) is 0 Å². The van der Waals surface area contributed by atoms with Gasteiger partial charge in [0.1, 0.15) is 5.54 Å². The van der Waals surface area contributed by atoms with Crippen LogP contribution in [0.1, 0.15) is 57.3 Å². The van der Waals surface area contributed by atoms with E-state index in [2.05, 4.69) is 27.9 Å². The van der Waals surface area contributed by atoms with E-state index < -0.39 is 17.5 Å². The van der Waals surface area contributed by atoms with E-state index in [0.29, 0.717) is 35.8 Å². The molecule has 9 nitrogen and oxygen atoms in total. The Balaban J connectivity index is 1.31. The summed E-state index contributed by atoms with van der Waals surface area (Å²) in [6.45, 7) is 2.14. The quantitative estimate of drug-likeness (QED) is 0.589. The smallest absolute Gasteiger partial charge is 0.344 e. The average Bonchev–Trinajstić information content (AvgIpc) is 3.32. The molecule has 10 heteroatoms. The molecule has 0 bridgehead atoms. The third-order valence-corrected chi connectivity index (χ3v) is 6.02. The van der Waals surface area contributed by atoms with E-state index >= 15 is 0 Å². The second-order valence-electron chi connectivity index (χ2n) is 7.34. The van der Waals surface area contributed by atoms with Gasteiger partial charge in [0.05, 0.1) is 5.75 Å². The standard InChI is InChI=1S/C16H21N5O4S/c1-9-4-6-16(7-5-9)13(23)21(14(24)17-16)20-11(22)8-26-15-19-18-12(25-15)10-2-3-10/h9-10H,2-8H2,1H3,(H,17,24)(H,20,22). The molecule has 2 aliphatic carbocycles. The highest BCUT2D eigenvalue weighted by molar-refractivity contribution is 7.99. The second kappa shape index (κ2) is 6.57. The van der Waals surface area contributed by atoms with Crippen LogP contribution < -0.4 is 10.7 Å². The van der Waals surface area contributed by atoms with Crippen LogP contribution in [-0.4, -0.2) is 44.3 Å². The Bertz CT molecular complexity index is 739. The number of hydrazine groups is 1. The van der Waals surface area contributed by atoms with Crippen LogP contribution in [-0.2, 0) is 9.59 Å². The highest BCUT2D eigenvalue weighted by Crippen LogP contribution is 2.40. The van der Waals surface area contributed by atoms with Crippen molar-refractivity contribution in [2.45, 2.75) is 62.1 Å². The SMILES string of the molecule is CC1CCC2(CC1)NC(=O)N(NC(=O)CSc1nnc(C3CC3)o1)C2=O. The number of aromatic nitrogens is 2. The number of carbonyl (C=O) groups excluding carboxylic acids is 3. The summed E-state index contributed by atoms with van der Waals surface area (Å²) >= 11 is 1.09. The van der Waals surface area contributed by atoms with E-state index in [1.165, 1.54) is 0 Å². The minimum atomic E-state index is -0.865. The molecule has 0 atom stereocenters. The van der Waals surface area contributed by atoms with Gasteiger partial charge in [-0.15, -0.1) is 10.2 Å². The van der Waals surface area contributed by atoms with Crippen molar-refractivity contribution in [3.63, 3.8) is 0 Å². The fourth-order valence-electron chi connectivity index (χ4n) is 3.37. The fourth-order valence-corrected chi connectivity index (χ4v) is 3.94. The van der Waals surface area contributed by atoms with Crippen molar-refractivity contribution in [2.24, 2.45) is 5.92 Å². The van der Waals surface area contributed by atoms with Gasteiger partial charge in [-0.05, 0) is 44.4 Å². The average molecular weight is 379 g/mol. The zero-order chi connectivity index (χ0) is 18.3. The van der Waals surface area contributed by atoms with E-state index in [9.17, 15) is 14.4 Å². The van der Waals surface area contributed by atoms with Crippen LogP contribution in [0.5, 0.6) is 0 Å². The van der Waals surface area contributed by atoms with Crippen molar-refractivity contribution < 1.29 is 18.8 Å². The highest BCUT2D eigenvalue weighted by Gasteiger charge is 2.52. The summed E-state index contributed by atoms with van der Waals surface area (Å²) in [6, 6.07) is -0.572. The molecule has 1 saturated heterocycles. The fraction of sp³-hybridized carbons (Fsp3) is 0.688. The van der Waals surface area contributed by atoms with E-state index in [0.717, 1.165) is 42.5 Å². The van der Waals surface area contributed by atoms with Crippen LogP contribution >= 0.6 is 11.8 Å². The van der Waals surface area contributed by atoms with Gasteiger partial charge in [-0.3, -0.25) is 15.0 Å². The molecular formula is C16H21N5O4S. The number of hydrogen-bond acceptors (Lipinski definition) is 7. The van der Waals surface area contributed by atoms with Crippen LogP contribution in [0.3, 0.4) is 0 Å². The van der Waals surface area contributed by atoms with E-state index in [1.54, 1.807) is 0 Å². The third-order valence-electron chi connectivity index (χ3n) is 5.20. The first-order chi connectivity index (χ1) is 12.5. The molecule has 140 valence electrons. The third kappa shape index (κ3) is 3.29. The molecule has 0 radical (unpaired) electrons. The topological polar surface area (TPSA) is 117 Å². The first-order valence-electron chi connectivity index (χ1n) is 8.89. The molecule has 0 unspecified atom stereocenters. The molecule has 1 aromatic heterocycles. The molecule has 1 spiro atoms. The van der Waals surface area contributed by atoms with Crippen LogP contribution in [0.4, 0.5) is 4.79 Å². The van der Waals surface area contributed by atoms with Gasteiger partial charge in [0.2, 0.25) is 11.8 Å². The Labute approximate surface area is 154 Å². The number of thioether (sulfide) groups is 1. The number of rotatable bonds is 5. The predicted molar refractivity (Wildman–Crippen MR) is 90.9 cm³/mol. The number of nitrogens with one attached hydrogen (secondary N) is 2. The van der Waals surface area contributed by atoms with E-state index in [1.807, 2.05) is 0 Å². The first-order valence-corrected chi connectivity index (χ1v) is 9.88. The minimum absolute atomic E-state index is 0.0204. The summed E-state index contributed by atoms with van der Waals surface area (Å²) in [5, 5.41) is 11.7. The summed E-state index contributed by atoms with van der Waals surface area (Å²) in [7, 11) is 0. The zero-order valence-corrected chi connectivity index (χ0v) is 15.3. The van der Waals surface area contributed by atoms with Gasteiger partial charge in [-0.2, -0.15) is 5.01 Å². The Morgan fingerprint density at radius 3 is 2.73 bits per heavy atom. The lowest BCUT2D eigenvalue weighted by molar-refractivity contribution is -0.139. The molecule has 1 aromatic rings. The summed E-state index contributed by atoms with van der Waals surface area (Å²) in [5.41, 5.74) is 1.53. The number of urea groups is 1. The molecule has 26 heavy (non-hydrogen) atoms. The van der Waals surface area contributed by atoms with Crippen molar-refractivity contribution in [3.05, 3.63) is 5.89 Å². The number of carbonyl (C=O) groups is 3.